The molecular weight excluding hydrogens is 242 g/mol. The Balaban J connectivity index is 1.99. The van der Waals surface area contributed by atoms with Gasteiger partial charge in [0, 0.05) is 13.7 Å². The fourth-order valence-electron chi connectivity index (χ4n) is 2.88. The van der Waals surface area contributed by atoms with Gasteiger partial charge in [-0.25, -0.2) is 4.68 Å². The molecule has 1 aliphatic carbocycles. The number of hydrogen-bond acceptors (Lipinski definition) is 5. The van der Waals surface area contributed by atoms with E-state index in [-0.39, 0.29) is 6.04 Å². The van der Waals surface area contributed by atoms with Gasteiger partial charge in [0.2, 0.25) is 0 Å². The Hall–Kier alpha value is -1.01. The Morgan fingerprint density at radius 2 is 2.11 bits per heavy atom. The largest absolute Gasteiger partial charge is 0.383 e. The van der Waals surface area contributed by atoms with Crippen molar-refractivity contribution in [1.82, 2.24) is 25.5 Å². The van der Waals surface area contributed by atoms with Crippen molar-refractivity contribution in [2.75, 3.05) is 20.3 Å². The zero-order valence-electron chi connectivity index (χ0n) is 12.2. The summed E-state index contributed by atoms with van der Waals surface area (Å²) in [4.78, 5) is 0. The van der Waals surface area contributed by atoms with Crippen LogP contribution in [0.15, 0.2) is 0 Å². The smallest absolute Gasteiger partial charge is 0.168 e. The van der Waals surface area contributed by atoms with E-state index < -0.39 is 0 Å². The van der Waals surface area contributed by atoms with E-state index in [1.54, 1.807) is 7.11 Å². The first-order valence-corrected chi connectivity index (χ1v) is 7.24. The van der Waals surface area contributed by atoms with Crippen molar-refractivity contribution in [3.05, 3.63) is 5.82 Å². The van der Waals surface area contributed by atoms with Gasteiger partial charge in [-0.2, -0.15) is 0 Å². The molecule has 0 radical (unpaired) electrons. The van der Waals surface area contributed by atoms with Crippen molar-refractivity contribution < 1.29 is 4.74 Å². The summed E-state index contributed by atoms with van der Waals surface area (Å²) in [6, 6.07) is 0.535. The van der Waals surface area contributed by atoms with E-state index in [1.165, 1.54) is 25.7 Å². The number of tetrazole rings is 1. The standard InChI is InChI=1S/C13H25N5O/c1-10(14-8-9-19-3)13-15-16-17-18(13)11(2)12-6-4-5-7-12/h10-12,14H,4-9H2,1-3H3. The first kappa shape index (κ1) is 14.4. The quantitative estimate of drug-likeness (QED) is 0.762. The minimum Gasteiger partial charge on any atom is -0.383 e. The Kier molecular flexibility index (Phi) is 5.27. The second-order valence-corrected chi connectivity index (χ2v) is 5.44. The van der Waals surface area contributed by atoms with Crippen molar-refractivity contribution in [2.45, 2.75) is 51.6 Å². The molecule has 1 N–H and O–H groups in total. The van der Waals surface area contributed by atoms with Crippen LogP contribution in [0.2, 0.25) is 0 Å². The fraction of sp³-hybridized carbons (Fsp3) is 0.923. The lowest BCUT2D eigenvalue weighted by Gasteiger charge is -2.22. The van der Waals surface area contributed by atoms with Crippen LogP contribution in [0.1, 0.15) is 57.4 Å². The van der Waals surface area contributed by atoms with Gasteiger partial charge in [-0.15, -0.1) is 5.10 Å². The predicted octanol–water partition coefficient (Wildman–Crippen LogP) is 1.72. The van der Waals surface area contributed by atoms with Gasteiger partial charge in [-0.05, 0) is 43.0 Å². The highest BCUT2D eigenvalue weighted by molar-refractivity contribution is 4.93. The molecule has 0 bridgehead atoms. The van der Waals surface area contributed by atoms with Gasteiger partial charge in [0.05, 0.1) is 18.7 Å². The molecule has 2 atom stereocenters. The fourth-order valence-corrected chi connectivity index (χ4v) is 2.88. The summed E-state index contributed by atoms with van der Waals surface area (Å²) in [5.74, 6) is 1.64. The third kappa shape index (κ3) is 3.51. The third-order valence-electron chi connectivity index (χ3n) is 4.13. The maximum atomic E-state index is 5.05. The zero-order valence-corrected chi connectivity index (χ0v) is 12.2. The first-order valence-electron chi connectivity index (χ1n) is 7.24. The first-order chi connectivity index (χ1) is 9.24. The highest BCUT2D eigenvalue weighted by Gasteiger charge is 2.26. The van der Waals surface area contributed by atoms with E-state index in [4.69, 9.17) is 4.74 Å². The Labute approximate surface area is 114 Å². The summed E-state index contributed by atoms with van der Waals surface area (Å²) in [5, 5.41) is 15.6. The maximum absolute atomic E-state index is 5.05. The normalized spacial score (nSPS) is 19.7. The van der Waals surface area contributed by atoms with E-state index >= 15 is 0 Å². The minimum atomic E-state index is 0.147. The van der Waals surface area contributed by atoms with Gasteiger partial charge in [0.25, 0.3) is 0 Å². The van der Waals surface area contributed by atoms with Crippen LogP contribution < -0.4 is 5.32 Å². The highest BCUT2D eigenvalue weighted by Crippen LogP contribution is 2.34. The lowest BCUT2D eigenvalue weighted by Crippen LogP contribution is -2.27. The second-order valence-electron chi connectivity index (χ2n) is 5.44. The topological polar surface area (TPSA) is 64.9 Å². The van der Waals surface area contributed by atoms with Gasteiger partial charge in [-0.1, -0.05) is 12.8 Å². The molecule has 0 aromatic carbocycles. The number of ether oxygens (including phenoxy) is 1. The molecule has 0 amide bonds. The number of methoxy groups -OCH3 is 1. The molecule has 1 aromatic rings. The number of nitrogens with zero attached hydrogens (tertiary/aromatic N) is 4. The van der Waals surface area contributed by atoms with Crippen LogP contribution in [0.5, 0.6) is 0 Å². The lowest BCUT2D eigenvalue weighted by atomic mass is 10.00. The number of rotatable bonds is 7. The van der Waals surface area contributed by atoms with Gasteiger partial charge < -0.3 is 10.1 Å². The lowest BCUT2D eigenvalue weighted by molar-refractivity contribution is 0.195. The summed E-state index contributed by atoms with van der Waals surface area (Å²) in [7, 11) is 1.71. The van der Waals surface area contributed by atoms with E-state index in [0.29, 0.717) is 18.6 Å². The summed E-state index contributed by atoms with van der Waals surface area (Å²) in [5.41, 5.74) is 0. The molecule has 0 spiro atoms. The molecule has 1 saturated carbocycles. The Morgan fingerprint density at radius 3 is 2.79 bits per heavy atom. The van der Waals surface area contributed by atoms with Crippen LogP contribution in [0.3, 0.4) is 0 Å². The van der Waals surface area contributed by atoms with E-state index in [1.807, 2.05) is 4.68 Å². The molecular formula is C13H25N5O. The minimum absolute atomic E-state index is 0.147. The molecule has 0 aliphatic heterocycles. The molecule has 1 aromatic heterocycles. The van der Waals surface area contributed by atoms with E-state index in [0.717, 1.165) is 12.4 Å². The van der Waals surface area contributed by atoms with E-state index in [9.17, 15) is 0 Å². The molecule has 1 fully saturated rings. The maximum Gasteiger partial charge on any atom is 0.168 e. The second kappa shape index (κ2) is 6.96. The van der Waals surface area contributed by atoms with Crippen molar-refractivity contribution in [2.24, 2.45) is 5.92 Å². The summed E-state index contributed by atoms with van der Waals surface area (Å²) in [6.07, 6.45) is 5.28. The van der Waals surface area contributed by atoms with Crippen molar-refractivity contribution in [1.29, 1.82) is 0 Å². The number of aromatic nitrogens is 4. The molecule has 2 unspecified atom stereocenters. The molecule has 2 rings (SSSR count). The number of nitrogens with one attached hydrogen (secondary N) is 1. The van der Waals surface area contributed by atoms with Crippen molar-refractivity contribution in [3.8, 4) is 0 Å². The molecule has 6 heteroatoms. The average molecular weight is 267 g/mol. The monoisotopic (exact) mass is 267 g/mol. The highest BCUT2D eigenvalue weighted by atomic mass is 16.5. The SMILES string of the molecule is COCCNC(C)c1nnnn1C(C)C1CCCC1. The molecule has 19 heavy (non-hydrogen) atoms. The van der Waals surface area contributed by atoms with Gasteiger partial charge in [0.1, 0.15) is 0 Å². The van der Waals surface area contributed by atoms with Crippen molar-refractivity contribution >= 4 is 0 Å². The average Bonchev–Trinajstić information content (AvgIpc) is 3.09. The molecule has 1 heterocycles. The summed E-state index contributed by atoms with van der Waals surface area (Å²) < 4.78 is 7.05. The summed E-state index contributed by atoms with van der Waals surface area (Å²) in [6.45, 7) is 5.84. The Morgan fingerprint density at radius 1 is 1.37 bits per heavy atom. The van der Waals surface area contributed by atoms with Gasteiger partial charge in [0.15, 0.2) is 5.82 Å². The molecule has 0 saturated heterocycles. The zero-order chi connectivity index (χ0) is 13.7. The Bertz CT molecular complexity index is 375. The van der Waals surface area contributed by atoms with Crippen LogP contribution in [-0.4, -0.2) is 40.5 Å². The van der Waals surface area contributed by atoms with Crippen LogP contribution in [-0.2, 0) is 4.74 Å². The van der Waals surface area contributed by atoms with Crippen LogP contribution >= 0.6 is 0 Å². The van der Waals surface area contributed by atoms with Gasteiger partial charge >= 0.3 is 0 Å². The third-order valence-corrected chi connectivity index (χ3v) is 4.13. The predicted molar refractivity (Wildman–Crippen MR) is 72.8 cm³/mol. The molecule has 1 aliphatic rings. The van der Waals surface area contributed by atoms with Crippen LogP contribution in [0.25, 0.3) is 0 Å². The number of hydrogen-bond donors (Lipinski definition) is 1. The van der Waals surface area contributed by atoms with E-state index in [2.05, 4.69) is 34.7 Å². The molecule has 108 valence electrons. The summed E-state index contributed by atoms with van der Waals surface area (Å²) >= 11 is 0. The van der Waals surface area contributed by atoms with Crippen LogP contribution in [0, 0.1) is 5.92 Å². The van der Waals surface area contributed by atoms with Crippen molar-refractivity contribution in [3.63, 3.8) is 0 Å². The molecule has 6 nitrogen and oxygen atoms in total. The van der Waals surface area contributed by atoms with Crippen LogP contribution in [0.4, 0.5) is 0 Å². The van der Waals surface area contributed by atoms with Gasteiger partial charge in [-0.3, -0.25) is 0 Å².